The Hall–Kier alpha value is -0.470. The standard InChI is InChI=1S/C19H33NS/c1-6-21-13-9-11-17(15-20-19(3,4)5)14-18-12-8-7-10-16(18)2/h7-8,10,12,17,20H,6,9,11,13-15H2,1-5H3. The lowest BCUT2D eigenvalue weighted by atomic mass is 9.92. The van der Waals surface area contributed by atoms with Crippen molar-refractivity contribution in [3.63, 3.8) is 0 Å². The van der Waals surface area contributed by atoms with E-state index in [0.717, 1.165) is 12.5 Å². The molecular weight excluding hydrogens is 274 g/mol. The molecule has 1 rings (SSSR count). The molecule has 0 radical (unpaired) electrons. The minimum Gasteiger partial charge on any atom is -0.312 e. The van der Waals surface area contributed by atoms with E-state index in [1.807, 2.05) is 0 Å². The number of thioether (sulfide) groups is 1. The van der Waals surface area contributed by atoms with E-state index in [-0.39, 0.29) is 5.54 Å². The summed E-state index contributed by atoms with van der Waals surface area (Å²) in [5.74, 6) is 3.28. The van der Waals surface area contributed by atoms with E-state index in [4.69, 9.17) is 0 Å². The molecule has 1 unspecified atom stereocenters. The molecule has 0 spiro atoms. The van der Waals surface area contributed by atoms with Crippen molar-refractivity contribution in [2.75, 3.05) is 18.1 Å². The molecule has 2 heteroatoms. The van der Waals surface area contributed by atoms with Gasteiger partial charge in [0.25, 0.3) is 0 Å². The molecule has 21 heavy (non-hydrogen) atoms. The van der Waals surface area contributed by atoms with Crippen LogP contribution < -0.4 is 5.32 Å². The van der Waals surface area contributed by atoms with Gasteiger partial charge in [0, 0.05) is 5.54 Å². The second-order valence-corrected chi connectivity index (χ2v) is 8.36. The summed E-state index contributed by atoms with van der Waals surface area (Å²) in [5.41, 5.74) is 3.16. The van der Waals surface area contributed by atoms with Crippen molar-refractivity contribution in [1.82, 2.24) is 5.32 Å². The molecule has 1 aromatic rings. The van der Waals surface area contributed by atoms with Gasteiger partial charge in [0.05, 0.1) is 0 Å². The van der Waals surface area contributed by atoms with Gasteiger partial charge in [-0.3, -0.25) is 0 Å². The van der Waals surface area contributed by atoms with Crippen molar-refractivity contribution in [3.05, 3.63) is 35.4 Å². The highest BCUT2D eigenvalue weighted by atomic mass is 32.2. The quantitative estimate of drug-likeness (QED) is 0.639. The van der Waals surface area contributed by atoms with Gasteiger partial charge >= 0.3 is 0 Å². The summed E-state index contributed by atoms with van der Waals surface area (Å²) in [6.45, 7) is 12.4. The van der Waals surface area contributed by atoms with Gasteiger partial charge in [0.2, 0.25) is 0 Å². The predicted molar refractivity (Wildman–Crippen MR) is 98.4 cm³/mol. The third-order valence-electron chi connectivity index (χ3n) is 3.80. The minimum absolute atomic E-state index is 0.210. The zero-order chi connectivity index (χ0) is 15.7. The monoisotopic (exact) mass is 307 g/mol. The summed E-state index contributed by atoms with van der Waals surface area (Å²) >= 11 is 2.06. The molecule has 0 saturated carbocycles. The smallest absolute Gasteiger partial charge is 0.00966 e. The second kappa shape index (κ2) is 9.53. The summed E-state index contributed by atoms with van der Waals surface area (Å²) in [5, 5.41) is 3.70. The van der Waals surface area contributed by atoms with E-state index >= 15 is 0 Å². The Morgan fingerprint density at radius 2 is 1.90 bits per heavy atom. The highest BCUT2D eigenvalue weighted by Gasteiger charge is 2.15. The number of rotatable bonds is 9. The van der Waals surface area contributed by atoms with Crippen LogP contribution in [-0.4, -0.2) is 23.6 Å². The maximum atomic E-state index is 3.70. The number of benzene rings is 1. The maximum absolute atomic E-state index is 3.70. The first kappa shape index (κ1) is 18.6. The molecule has 0 saturated heterocycles. The third-order valence-corrected chi connectivity index (χ3v) is 4.78. The van der Waals surface area contributed by atoms with Gasteiger partial charge in [0.15, 0.2) is 0 Å². The molecule has 0 bridgehead atoms. The highest BCUT2D eigenvalue weighted by Crippen LogP contribution is 2.19. The molecule has 1 aromatic carbocycles. The molecular formula is C19H33NS. The Balaban J connectivity index is 2.56. The second-order valence-electron chi connectivity index (χ2n) is 6.97. The van der Waals surface area contributed by atoms with Gasteiger partial charge in [-0.05, 0) is 82.1 Å². The minimum atomic E-state index is 0.210. The molecule has 0 amide bonds. The van der Waals surface area contributed by atoms with Gasteiger partial charge in [-0.25, -0.2) is 0 Å². The Labute approximate surface area is 136 Å². The van der Waals surface area contributed by atoms with Crippen molar-refractivity contribution < 1.29 is 0 Å². The first-order chi connectivity index (χ1) is 9.92. The number of aryl methyl sites for hydroxylation is 1. The van der Waals surface area contributed by atoms with Crippen LogP contribution in [0.25, 0.3) is 0 Å². The Bertz CT molecular complexity index is 395. The normalized spacial score (nSPS) is 13.4. The molecule has 0 heterocycles. The predicted octanol–water partition coefficient (Wildman–Crippen LogP) is 5.08. The first-order valence-corrected chi connectivity index (χ1v) is 9.45. The molecule has 0 aliphatic carbocycles. The van der Waals surface area contributed by atoms with Crippen LogP contribution in [0.3, 0.4) is 0 Å². The first-order valence-electron chi connectivity index (χ1n) is 8.29. The van der Waals surface area contributed by atoms with Crippen LogP contribution in [0.5, 0.6) is 0 Å². The fraction of sp³-hybridized carbons (Fsp3) is 0.684. The molecule has 0 aromatic heterocycles. The van der Waals surface area contributed by atoms with E-state index in [1.165, 1.54) is 41.9 Å². The topological polar surface area (TPSA) is 12.0 Å². The molecule has 0 fully saturated rings. The largest absolute Gasteiger partial charge is 0.312 e. The zero-order valence-electron chi connectivity index (χ0n) is 14.5. The summed E-state index contributed by atoms with van der Waals surface area (Å²) < 4.78 is 0. The molecule has 1 nitrogen and oxygen atoms in total. The van der Waals surface area contributed by atoms with E-state index in [1.54, 1.807) is 0 Å². The number of hydrogen-bond donors (Lipinski definition) is 1. The highest BCUT2D eigenvalue weighted by molar-refractivity contribution is 7.99. The van der Waals surface area contributed by atoms with Crippen molar-refractivity contribution in [3.8, 4) is 0 Å². The summed E-state index contributed by atoms with van der Waals surface area (Å²) in [4.78, 5) is 0. The Kier molecular flexibility index (Phi) is 8.43. The summed E-state index contributed by atoms with van der Waals surface area (Å²) in [7, 11) is 0. The molecule has 1 N–H and O–H groups in total. The van der Waals surface area contributed by atoms with E-state index < -0.39 is 0 Å². The van der Waals surface area contributed by atoms with Gasteiger partial charge < -0.3 is 5.32 Å². The van der Waals surface area contributed by atoms with Crippen molar-refractivity contribution >= 4 is 11.8 Å². The van der Waals surface area contributed by atoms with Crippen molar-refractivity contribution in [2.24, 2.45) is 5.92 Å². The molecule has 1 atom stereocenters. The van der Waals surface area contributed by atoms with Crippen LogP contribution >= 0.6 is 11.8 Å². The van der Waals surface area contributed by atoms with E-state index in [9.17, 15) is 0 Å². The average molecular weight is 308 g/mol. The van der Waals surface area contributed by atoms with Crippen LogP contribution in [-0.2, 0) is 6.42 Å². The summed E-state index contributed by atoms with van der Waals surface area (Å²) in [6.07, 6.45) is 3.86. The van der Waals surface area contributed by atoms with Crippen LogP contribution in [0.1, 0.15) is 51.7 Å². The zero-order valence-corrected chi connectivity index (χ0v) is 15.4. The fourth-order valence-electron chi connectivity index (χ4n) is 2.50. The Morgan fingerprint density at radius 1 is 1.19 bits per heavy atom. The van der Waals surface area contributed by atoms with Gasteiger partial charge in [-0.1, -0.05) is 31.2 Å². The fourth-order valence-corrected chi connectivity index (χ4v) is 3.15. The lowest BCUT2D eigenvalue weighted by Gasteiger charge is -2.26. The van der Waals surface area contributed by atoms with E-state index in [2.05, 4.69) is 76.0 Å². The van der Waals surface area contributed by atoms with Crippen LogP contribution in [0.15, 0.2) is 24.3 Å². The van der Waals surface area contributed by atoms with Crippen molar-refractivity contribution in [2.45, 2.75) is 59.4 Å². The van der Waals surface area contributed by atoms with Gasteiger partial charge in [0.1, 0.15) is 0 Å². The molecule has 0 aliphatic rings. The maximum Gasteiger partial charge on any atom is 0.00966 e. The lowest BCUT2D eigenvalue weighted by molar-refractivity contribution is 0.355. The van der Waals surface area contributed by atoms with Crippen LogP contribution in [0.2, 0.25) is 0 Å². The number of hydrogen-bond acceptors (Lipinski definition) is 2. The van der Waals surface area contributed by atoms with Crippen LogP contribution in [0, 0.1) is 12.8 Å². The van der Waals surface area contributed by atoms with E-state index in [0.29, 0.717) is 0 Å². The SMILES string of the molecule is CCSCCCC(CNC(C)(C)C)Cc1ccccc1C. The number of nitrogens with one attached hydrogen (secondary N) is 1. The third kappa shape index (κ3) is 8.53. The Morgan fingerprint density at radius 3 is 2.52 bits per heavy atom. The molecule has 0 aliphatic heterocycles. The van der Waals surface area contributed by atoms with Gasteiger partial charge in [-0.15, -0.1) is 0 Å². The van der Waals surface area contributed by atoms with Crippen molar-refractivity contribution in [1.29, 1.82) is 0 Å². The van der Waals surface area contributed by atoms with Gasteiger partial charge in [-0.2, -0.15) is 11.8 Å². The van der Waals surface area contributed by atoms with Crippen LogP contribution in [0.4, 0.5) is 0 Å². The molecule has 120 valence electrons. The average Bonchev–Trinajstić information content (AvgIpc) is 2.42. The lowest BCUT2D eigenvalue weighted by Crippen LogP contribution is -2.39. The summed E-state index contributed by atoms with van der Waals surface area (Å²) in [6, 6.07) is 8.83.